The van der Waals surface area contributed by atoms with E-state index < -0.39 is 17.8 Å². The summed E-state index contributed by atoms with van der Waals surface area (Å²) in [6, 6.07) is 20.2. The van der Waals surface area contributed by atoms with Crippen molar-refractivity contribution in [1.29, 1.82) is 0 Å². The van der Waals surface area contributed by atoms with Gasteiger partial charge in [-0.1, -0.05) is 36.4 Å². The van der Waals surface area contributed by atoms with Crippen LogP contribution in [-0.2, 0) is 16.2 Å². The number of hydrogen-bond acceptors (Lipinski definition) is 6. The summed E-state index contributed by atoms with van der Waals surface area (Å²) in [4.78, 5) is 38.4. The summed E-state index contributed by atoms with van der Waals surface area (Å²) in [5, 5.41) is 11.6. The lowest BCUT2D eigenvalue weighted by molar-refractivity contribution is -0.122. The molecule has 9 heteroatoms. The third-order valence-corrected chi connectivity index (χ3v) is 5.59. The molecule has 8 nitrogen and oxygen atoms in total. The summed E-state index contributed by atoms with van der Waals surface area (Å²) in [5.74, 6) is -1.17. The first-order valence-corrected chi connectivity index (χ1v) is 11.5. The minimum Gasteiger partial charge on any atom is -0.494 e. The number of benzene rings is 3. The van der Waals surface area contributed by atoms with E-state index in [9.17, 15) is 14.4 Å². The molecular formula is C27H22N2O6S. The molecule has 36 heavy (non-hydrogen) atoms. The van der Waals surface area contributed by atoms with E-state index >= 15 is 0 Å². The largest absolute Gasteiger partial charge is 0.494 e. The monoisotopic (exact) mass is 502 g/mol. The van der Waals surface area contributed by atoms with E-state index in [1.807, 2.05) is 6.92 Å². The maximum Gasteiger partial charge on any atom is 0.335 e. The number of hydrogen-bond donors (Lipinski definition) is 2. The van der Waals surface area contributed by atoms with E-state index in [-0.39, 0.29) is 22.9 Å². The second-order valence-electron chi connectivity index (χ2n) is 7.72. The first-order valence-electron chi connectivity index (χ1n) is 11.1. The van der Waals surface area contributed by atoms with Gasteiger partial charge in [0.1, 0.15) is 23.7 Å². The lowest BCUT2D eigenvalue weighted by atomic mass is 10.1. The third-order valence-electron chi connectivity index (χ3n) is 5.30. The molecule has 3 aromatic rings. The number of nitrogens with one attached hydrogen (secondary N) is 1. The molecule has 1 heterocycles. The lowest BCUT2D eigenvalue weighted by Crippen LogP contribution is -2.54. The van der Waals surface area contributed by atoms with Gasteiger partial charge in [0.2, 0.25) is 0 Å². The Morgan fingerprint density at radius 3 is 2.50 bits per heavy atom. The van der Waals surface area contributed by atoms with E-state index in [0.29, 0.717) is 29.4 Å². The molecule has 3 aromatic carbocycles. The summed E-state index contributed by atoms with van der Waals surface area (Å²) in [5.41, 5.74) is 1.83. The van der Waals surface area contributed by atoms with E-state index in [4.69, 9.17) is 26.8 Å². The van der Waals surface area contributed by atoms with Crippen LogP contribution in [0.2, 0.25) is 0 Å². The van der Waals surface area contributed by atoms with Crippen LogP contribution >= 0.6 is 12.2 Å². The van der Waals surface area contributed by atoms with E-state index in [0.717, 1.165) is 5.56 Å². The van der Waals surface area contributed by atoms with Crippen LogP contribution in [0.3, 0.4) is 0 Å². The van der Waals surface area contributed by atoms with Crippen molar-refractivity contribution in [2.75, 3.05) is 11.5 Å². The van der Waals surface area contributed by atoms with Gasteiger partial charge in [-0.15, -0.1) is 0 Å². The number of anilines is 1. The molecule has 0 atom stereocenters. The predicted octanol–water partition coefficient (Wildman–Crippen LogP) is 4.19. The summed E-state index contributed by atoms with van der Waals surface area (Å²) in [6.07, 6.45) is 1.46. The summed E-state index contributed by atoms with van der Waals surface area (Å²) >= 11 is 5.28. The number of amides is 2. The van der Waals surface area contributed by atoms with E-state index in [1.54, 1.807) is 60.7 Å². The van der Waals surface area contributed by atoms with Gasteiger partial charge in [-0.2, -0.15) is 0 Å². The standard InChI is InChI=1S/C27H22N2O6S/c1-2-34-21-8-5-7-20(15-21)29-25(31)22(24(30)28-27(29)36)14-19-6-3-4-9-23(19)35-16-17-10-12-18(13-11-17)26(32)33/h3-15H,2,16H2,1H3,(H,32,33)(H,28,30,36)/b22-14+. The number of ether oxygens (including phenoxy) is 2. The zero-order chi connectivity index (χ0) is 25.7. The molecule has 0 spiro atoms. The number of nitrogens with zero attached hydrogens (tertiary/aromatic N) is 1. The van der Waals surface area contributed by atoms with Crippen molar-refractivity contribution in [1.82, 2.24) is 5.32 Å². The maximum absolute atomic E-state index is 13.4. The van der Waals surface area contributed by atoms with Crippen molar-refractivity contribution < 1.29 is 29.0 Å². The highest BCUT2D eigenvalue weighted by Crippen LogP contribution is 2.28. The molecule has 4 rings (SSSR count). The number of rotatable bonds is 8. The predicted molar refractivity (Wildman–Crippen MR) is 138 cm³/mol. The molecule has 182 valence electrons. The summed E-state index contributed by atoms with van der Waals surface area (Å²) in [6.45, 7) is 2.49. The average molecular weight is 503 g/mol. The third kappa shape index (κ3) is 5.42. The molecule has 0 unspecified atom stereocenters. The van der Waals surface area contributed by atoms with Gasteiger partial charge >= 0.3 is 5.97 Å². The quantitative estimate of drug-likeness (QED) is 0.270. The number of thiocarbonyl (C=S) groups is 1. The van der Waals surface area contributed by atoms with Gasteiger partial charge in [0.05, 0.1) is 17.9 Å². The topological polar surface area (TPSA) is 105 Å². The van der Waals surface area contributed by atoms with Gasteiger partial charge in [0, 0.05) is 11.6 Å². The Balaban J connectivity index is 1.60. The van der Waals surface area contributed by atoms with Crippen molar-refractivity contribution in [3.63, 3.8) is 0 Å². The van der Waals surface area contributed by atoms with Gasteiger partial charge < -0.3 is 14.6 Å². The van der Waals surface area contributed by atoms with Crippen LogP contribution in [0.25, 0.3) is 6.08 Å². The van der Waals surface area contributed by atoms with Gasteiger partial charge in [-0.05, 0) is 61.1 Å². The minimum atomic E-state index is -1.01. The molecule has 0 saturated carbocycles. The smallest absolute Gasteiger partial charge is 0.335 e. The number of carboxylic acids is 1. The van der Waals surface area contributed by atoms with Crippen molar-refractivity contribution >= 4 is 46.9 Å². The van der Waals surface area contributed by atoms with E-state index in [1.165, 1.54) is 23.1 Å². The van der Waals surface area contributed by atoms with Gasteiger partial charge in [0.25, 0.3) is 11.8 Å². The number of carboxylic acid groups (broad SMARTS) is 1. The maximum atomic E-state index is 13.4. The molecule has 0 aliphatic carbocycles. The van der Waals surface area contributed by atoms with Crippen molar-refractivity contribution in [2.45, 2.75) is 13.5 Å². The minimum absolute atomic E-state index is 0.0230. The van der Waals surface area contributed by atoms with Crippen LogP contribution in [0.1, 0.15) is 28.4 Å². The average Bonchev–Trinajstić information content (AvgIpc) is 2.86. The van der Waals surface area contributed by atoms with Crippen LogP contribution in [0, 0.1) is 0 Å². The molecule has 1 fully saturated rings. The SMILES string of the molecule is CCOc1cccc(N2C(=O)/C(=C/c3ccccc3OCc3ccc(C(=O)O)cc3)C(=O)NC2=S)c1. The van der Waals surface area contributed by atoms with Crippen molar-refractivity contribution in [3.05, 3.63) is 95.1 Å². The Labute approximate surface area is 212 Å². The fourth-order valence-electron chi connectivity index (χ4n) is 3.56. The zero-order valence-corrected chi connectivity index (χ0v) is 20.1. The Kier molecular flexibility index (Phi) is 7.41. The lowest BCUT2D eigenvalue weighted by Gasteiger charge is -2.29. The van der Waals surface area contributed by atoms with Crippen LogP contribution in [-0.4, -0.2) is 34.6 Å². The van der Waals surface area contributed by atoms with Gasteiger partial charge in [-0.25, -0.2) is 4.79 Å². The molecule has 1 aliphatic heterocycles. The number of para-hydroxylation sites is 1. The zero-order valence-electron chi connectivity index (χ0n) is 19.3. The summed E-state index contributed by atoms with van der Waals surface area (Å²) < 4.78 is 11.4. The Bertz CT molecular complexity index is 1370. The molecule has 1 aliphatic rings. The molecule has 0 aromatic heterocycles. The molecule has 0 radical (unpaired) electrons. The highest BCUT2D eigenvalue weighted by atomic mass is 32.1. The van der Waals surface area contributed by atoms with Crippen LogP contribution in [0.15, 0.2) is 78.4 Å². The summed E-state index contributed by atoms with van der Waals surface area (Å²) in [7, 11) is 0. The normalized spacial score (nSPS) is 14.5. The second-order valence-corrected chi connectivity index (χ2v) is 8.10. The first kappa shape index (κ1) is 24.6. The molecular weight excluding hydrogens is 480 g/mol. The van der Waals surface area contributed by atoms with Crippen LogP contribution < -0.4 is 19.7 Å². The highest BCUT2D eigenvalue weighted by molar-refractivity contribution is 7.80. The van der Waals surface area contributed by atoms with E-state index in [2.05, 4.69) is 5.32 Å². The Hall–Kier alpha value is -4.50. The van der Waals surface area contributed by atoms with Crippen LogP contribution in [0.5, 0.6) is 11.5 Å². The number of carbonyl (C=O) groups excluding carboxylic acids is 2. The van der Waals surface area contributed by atoms with Crippen molar-refractivity contribution in [2.24, 2.45) is 0 Å². The fourth-order valence-corrected chi connectivity index (χ4v) is 3.84. The fraction of sp³-hybridized carbons (Fsp3) is 0.111. The van der Waals surface area contributed by atoms with Crippen molar-refractivity contribution in [3.8, 4) is 11.5 Å². The number of carbonyl (C=O) groups is 3. The molecule has 0 bridgehead atoms. The molecule has 1 saturated heterocycles. The second kappa shape index (κ2) is 10.8. The number of aromatic carboxylic acids is 1. The van der Waals surface area contributed by atoms with Gasteiger partial charge in [0.15, 0.2) is 5.11 Å². The molecule has 2 amide bonds. The molecule has 2 N–H and O–H groups in total. The first-order chi connectivity index (χ1) is 17.4. The Morgan fingerprint density at radius 2 is 1.78 bits per heavy atom. The van der Waals surface area contributed by atoms with Gasteiger partial charge in [-0.3, -0.25) is 19.8 Å². The highest BCUT2D eigenvalue weighted by Gasteiger charge is 2.34. The Morgan fingerprint density at radius 1 is 1.03 bits per heavy atom. The van der Waals surface area contributed by atoms with Crippen LogP contribution in [0.4, 0.5) is 5.69 Å².